The SMILES string of the molecule is Nc1nnc(SCC(=O)O)n1-c1cc(F)c(F)cc1F. The summed E-state index contributed by atoms with van der Waals surface area (Å²) in [5.74, 6) is -5.48. The van der Waals surface area contributed by atoms with Crippen LogP contribution in [-0.4, -0.2) is 31.6 Å². The van der Waals surface area contributed by atoms with Crippen molar-refractivity contribution >= 4 is 23.7 Å². The molecule has 10 heteroatoms. The molecule has 1 heterocycles. The van der Waals surface area contributed by atoms with Crippen LogP contribution >= 0.6 is 11.8 Å². The molecule has 3 N–H and O–H groups in total. The number of aliphatic carboxylic acids is 1. The molecule has 0 aliphatic heterocycles. The minimum atomic E-state index is -1.35. The third kappa shape index (κ3) is 2.69. The van der Waals surface area contributed by atoms with Gasteiger partial charge in [-0.2, -0.15) is 0 Å². The monoisotopic (exact) mass is 304 g/mol. The smallest absolute Gasteiger partial charge is 0.313 e. The third-order valence-corrected chi connectivity index (χ3v) is 3.13. The van der Waals surface area contributed by atoms with Crippen molar-refractivity contribution < 1.29 is 23.1 Å². The molecule has 0 spiro atoms. The number of nitrogens with two attached hydrogens (primary N) is 1. The van der Waals surface area contributed by atoms with Gasteiger partial charge in [0.1, 0.15) is 0 Å². The Balaban J connectivity index is 2.49. The van der Waals surface area contributed by atoms with Crippen molar-refractivity contribution in [2.24, 2.45) is 0 Å². The number of aromatic nitrogens is 3. The average Bonchev–Trinajstić information content (AvgIpc) is 2.73. The van der Waals surface area contributed by atoms with Crippen LogP contribution in [0.2, 0.25) is 0 Å². The highest BCUT2D eigenvalue weighted by Gasteiger charge is 2.19. The zero-order chi connectivity index (χ0) is 14.9. The summed E-state index contributed by atoms with van der Waals surface area (Å²) in [6.45, 7) is 0. The van der Waals surface area contributed by atoms with Crippen molar-refractivity contribution in [3.63, 3.8) is 0 Å². The van der Waals surface area contributed by atoms with Crippen molar-refractivity contribution in [1.29, 1.82) is 0 Å². The summed E-state index contributed by atoms with van der Waals surface area (Å²) in [4.78, 5) is 10.5. The molecule has 0 radical (unpaired) electrons. The Morgan fingerprint density at radius 2 is 1.90 bits per heavy atom. The second kappa shape index (κ2) is 5.41. The van der Waals surface area contributed by atoms with Crippen LogP contribution < -0.4 is 5.73 Å². The van der Waals surface area contributed by atoms with E-state index in [1.54, 1.807) is 0 Å². The summed E-state index contributed by atoms with van der Waals surface area (Å²) >= 11 is 0.717. The fraction of sp³-hybridized carbons (Fsp3) is 0.100. The van der Waals surface area contributed by atoms with E-state index in [2.05, 4.69) is 10.2 Å². The summed E-state index contributed by atoms with van der Waals surface area (Å²) in [6.07, 6.45) is 0. The first kappa shape index (κ1) is 14.2. The topological polar surface area (TPSA) is 94.0 Å². The Hall–Kier alpha value is -2.23. The molecular formula is C10H7F3N4O2S. The number of carboxylic acids is 1. The van der Waals surface area contributed by atoms with Crippen molar-refractivity contribution in [2.75, 3.05) is 11.5 Å². The number of benzene rings is 1. The number of rotatable bonds is 4. The zero-order valence-corrected chi connectivity index (χ0v) is 10.5. The maximum Gasteiger partial charge on any atom is 0.313 e. The number of halogens is 3. The maximum atomic E-state index is 13.7. The number of anilines is 1. The first-order valence-electron chi connectivity index (χ1n) is 5.10. The van der Waals surface area contributed by atoms with Gasteiger partial charge in [-0.1, -0.05) is 11.8 Å². The second-order valence-corrected chi connectivity index (χ2v) is 4.52. The van der Waals surface area contributed by atoms with E-state index >= 15 is 0 Å². The number of carbonyl (C=O) groups is 1. The molecule has 20 heavy (non-hydrogen) atoms. The molecule has 0 atom stereocenters. The Bertz CT molecular complexity index is 677. The molecular weight excluding hydrogens is 297 g/mol. The molecule has 0 saturated carbocycles. The first-order valence-corrected chi connectivity index (χ1v) is 6.09. The van der Waals surface area contributed by atoms with Gasteiger partial charge in [0.25, 0.3) is 0 Å². The lowest BCUT2D eigenvalue weighted by Crippen LogP contribution is -2.07. The minimum Gasteiger partial charge on any atom is -0.481 e. The number of hydrogen-bond acceptors (Lipinski definition) is 5. The molecule has 0 saturated heterocycles. The molecule has 0 aliphatic carbocycles. The molecule has 2 aromatic rings. The lowest BCUT2D eigenvalue weighted by molar-refractivity contribution is -0.133. The van der Waals surface area contributed by atoms with Gasteiger partial charge in [-0.15, -0.1) is 10.2 Å². The van der Waals surface area contributed by atoms with E-state index in [0.717, 1.165) is 4.57 Å². The van der Waals surface area contributed by atoms with E-state index in [1.165, 1.54) is 0 Å². The molecule has 0 bridgehead atoms. The van der Waals surface area contributed by atoms with Crippen LogP contribution in [-0.2, 0) is 4.79 Å². The zero-order valence-electron chi connectivity index (χ0n) is 9.68. The molecule has 6 nitrogen and oxygen atoms in total. The van der Waals surface area contributed by atoms with Gasteiger partial charge in [-0.3, -0.25) is 9.36 Å². The van der Waals surface area contributed by atoms with Crippen molar-refractivity contribution in [2.45, 2.75) is 5.16 Å². The summed E-state index contributed by atoms with van der Waals surface area (Å²) < 4.78 is 40.7. The second-order valence-electron chi connectivity index (χ2n) is 3.58. The lowest BCUT2D eigenvalue weighted by atomic mass is 10.3. The van der Waals surface area contributed by atoms with Gasteiger partial charge >= 0.3 is 5.97 Å². The van der Waals surface area contributed by atoms with E-state index in [0.29, 0.717) is 23.9 Å². The van der Waals surface area contributed by atoms with Crippen molar-refractivity contribution in [1.82, 2.24) is 14.8 Å². The molecule has 1 aromatic carbocycles. The molecule has 2 rings (SSSR count). The van der Waals surface area contributed by atoms with E-state index in [1.807, 2.05) is 0 Å². The van der Waals surface area contributed by atoms with Crippen LogP contribution in [0.4, 0.5) is 19.1 Å². The number of carboxylic acid groups (broad SMARTS) is 1. The van der Waals surface area contributed by atoms with Crippen LogP contribution in [0.5, 0.6) is 0 Å². The standard InChI is InChI=1S/C10H7F3N4O2S/c11-4-1-6(13)7(2-5(4)12)17-9(14)15-16-10(17)20-3-8(18)19/h1-2H,3H2,(H2,14,15)(H,18,19). The van der Waals surface area contributed by atoms with Crippen LogP contribution in [0.3, 0.4) is 0 Å². The Kier molecular flexibility index (Phi) is 3.84. The van der Waals surface area contributed by atoms with Gasteiger partial charge < -0.3 is 10.8 Å². The van der Waals surface area contributed by atoms with Crippen molar-refractivity contribution in [3.05, 3.63) is 29.6 Å². The summed E-state index contributed by atoms with van der Waals surface area (Å²) in [5.41, 5.74) is 5.08. The van der Waals surface area contributed by atoms with Gasteiger partial charge in [-0.25, -0.2) is 13.2 Å². The number of hydrogen-bond donors (Lipinski definition) is 2. The Labute approximate surface area is 114 Å². The predicted octanol–water partition coefficient (Wildman–Crippen LogP) is 1.44. The van der Waals surface area contributed by atoms with E-state index in [-0.39, 0.29) is 16.9 Å². The number of nitrogen functional groups attached to an aromatic ring is 1. The highest BCUT2D eigenvalue weighted by molar-refractivity contribution is 7.99. The lowest BCUT2D eigenvalue weighted by Gasteiger charge is -2.09. The van der Waals surface area contributed by atoms with E-state index in [9.17, 15) is 18.0 Å². The van der Waals surface area contributed by atoms with Crippen LogP contribution in [0.15, 0.2) is 17.3 Å². The van der Waals surface area contributed by atoms with Gasteiger partial charge in [0.05, 0.1) is 11.4 Å². The molecule has 1 aromatic heterocycles. The largest absolute Gasteiger partial charge is 0.481 e. The van der Waals surface area contributed by atoms with Crippen LogP contribution in [0.25, 0.3) is 5.69 Å². The molecule has 0 unspecified atom stereocenters. The number of thioether (sulfide) groups is 1. The fourth-order valence-corrected chi connectivity index (χ4v) is 2.08. The predicted molar refractivity (Wildman–Crippen MR) is 64.0 cm³/mol. The quantitative estimate of drug-likeness (QED) is 0.656. The van der Waals surface area contributed by atoms with E-state index in [4.69, 9.17) is 10.8 Å². The summed E-state index contributed by atoms with van der Waals surface area (Å²) in [5, 5.41) is 15.6. The molecule has 106 valence electrons. The molecule has 0 amide bonds. The van der Waals surface area contributed by atoms with Gasteiger partial charge in [0, 0.05) is 12.1 Å². The van der Waals surface area contributed by atoms with Gasteiger partial charge in [-0.05, 0) is 0 Å². The number of nitrogens with zero attached hydrogens (tertiary/aromatic N) is 3. The third-order valence-electron chi connectivity index (χ3n) is 2.21. The molecule has 0 aliphatic rings. The van der Waals surface area contributed by atoms with Crippen LogP contribution in [0, 0.1) is 17.5 Å². The van der Waals surface area contributed by atoms with Crippen LogP contribution in [0.1, 0.15) is 0 Å². The normalized spacial score (nSPS) is 10.8. The minimum absolute atomic E-state index is 0.0465. The van der Waals surface area contributed by atoms with Crippen molar-refractivity contribution in [3.8, 4) is 5.69 Å². The Morgan fingerprint density at radius 1 is 1.25 bits per heavy atom. The van der Waals surface area contributed by atoms with E-state index < -0.39 is 29.1 Å². The summed E-state index contributed by atoms with van der Waals surface area (Å²) in [6, 6.07) is 0.949. The average molecular weight is 304 g/mol. The van der Waals surface area contributed by atoms with Gasteiger partial charge in [0.15, 0.2) is 22.6 Å². The summed E-state index contributed by atoms with van der Waals surface area (Å²) in [7, 11) is 0. The highest BCUT2D eigenvalue weighted by atomic mass is 32.2. The first-order chi connectivity index (χ1) is 9.40. The highest BCUT2D eigenvalue weighted by Crippen LogP contribution is 2.26. The molecule has 0 fully saturated rings. The maximum absolute atomic E-state index is 13.7. The van der Waals surface area contributed by atoms with Gasteiger partial charge in [0.2, 0.25) is 5.95 Å². The fourth-order valence-electron chi connectivity index (χ4n) is 1.41. The Morgan fingerprint density at radius 3 is 2.55 bits per heavy atom.